The van der Waals surface area contributed by atoms with E-state index in [1.807, 2.05) is 47.0 Å². The quantitative estimate of drug-likeness (QED) is 0.474. The Bertz CT molecular complexity index is 1120. The number of hydrogen-bond acceptors (Lipinski definition) is 7. The number of aryl methyl sites for hydroxylation is 1. The van der Waals surface area contributed by atoms with Gasteiger partial charge in [0.2, 0.25) is 11.9 Å². The number of fused-ring (bicyclic) bond motifs is 1. The van der Waals surface area contributed by atoms with Gasteiger partial charge < -0.3 is 20.7 Å². The summed E-state index contributed by atoms with van der Waals surface area (Å²) in [5.41, 5.74) is 9.72. The SMILES string of the molecule is CCc1ccccc1Nc1nc(N)nc(Cn2c(CO)nc3ccccc32)n1. The Kier molecular flexibility index (Phi) is 4.86. The topological polar surface area (TPSA) is 115 Å². The number of benzene rings is 2. The zero-order valence-electron chi connectivity index (χ0n) is 15.5. The lowest BCUT2D eigenvalue weighted by atomic mass is 10.1. The van der Waals surface area contributed by atoms with Crippen LogP contribution in [0.2, 0.25) is 0 Å². The monoisotopic (exact) mass is 375 g/mol. The highest BCUT2D eigenvalue weighted by Crippen LogP contribution is 2.21. The average Bonchev–Trinajstić information content (AvgIpc) is 3.05. The van der Waals surface area contributed by atoms with Gasteiger partial charge in [0.05, 0.1) is 17.6 Å². The van der Waals surface area contributed by atoms with Gasteiger partial charge in [0.25, 0.3) is 0 Å². The largest absolute Gasteiger partial charge is 0.388 e. The normalized spacial score (nSPS) is 11.1. The predicted octanol–water partition coefficient (Wildman–Crippen LogP) is 2.65. The van der Waals surface area contributed by atoms with Gasteiger partial charge in [-0.3, -0.25) is 0 Å². The van der Waals surface area contributed by atoms with Crippen molar-refractivity contribution < 1.29 is 5.11 Å². The lowest BCUT2D eigenvalue weighted by molar-refractivity contribution is 0.266. The van der Waals surface area contributed by atoms with Crippen molar-refractivity contribution in [2.75, 3.05) is 11.1 Å². The van der Waals surface area contributed by atoms with E-state index >= 15 is 0 Å². The third-order valence-corrected chi connectivity index (χ3v) is 4.52. The third-order valence-electron chi connectivity index (χ3n) is 4.52. The zero-order chi connectivity index (χ0) is 19.5. The molecule has 28 heavy (non-hydrogen) atoms. The van der Waals surface area contributed by atoms with E-state index < -0.39 is 0 Å². The molecule has 4 aromatic rings. The lowest BCUT2D eigenvalue weighted by Gasteiger charge is -2.12. The Morgan fingerprint density at radius 2 is 1.79 bits per heavy atom. The number of para-hydroxylation sites is 3. The second-order valence-electron chi connectivity index (χ2n) is 6.33. The Morgan fingerprint density at radius 1 is 1.00 bits per heavy atom. The van der Waals surface area contributed by atoms with Crippen molar-refractivity contribution in [1.29, 1.82) is 0 Å². The van der Waals surface area contributed by atoms with Crippen molar-refractivity contribution in [3.05, 3.63) is 65.7 Å². The van der Waals surface area contributed by atoms with Crippen LogP contribution in [0.1, 0.15) is 24.1 Å². The first-order valence-corrected chi connectivity index (χ1v) is 9.08. The van der Waals surface area contributed by atoms with E-state index in [2.05, 4.69) is 38.2 Å². The second kappa shape index (κ2) is 7.61. The fourth-order valence-corrected chi connectivity index (χ4v) is 3.20. The highest BCUT2D eigenvalue weighted by molar-refractivity contribution is 5.76. The maximum Gasteiger partial charge on any atom is 0.232 e. The molecule has 142 valence electrons. The molecular formula is C20H21N7O. The van der Waals surface area contributed by atoms with E-state index in [0.717, 1.165) is 28.7 Å². The summed E-state index contributed by atoms with van der Waals surface area (Å²) in [4.78, 5) is 17.4. The zero-order valence-corrected chi connectivity index (χ0v) is 15.5. The predicted molar refractivity (Wildman–Crippen MR) is 108 cm³/mol. The number of imidazole rings is 1. The van der Waals surface area contributed by atoms with Gasteiger partial charge in [-0.15, -0.1) is 0 Å². The number of nitrogens with zero attached hydrogens (tertiary/aromatic N) is 5. The van der Waals surface area contributed by atoms with Crippen molar-refractivity contribution >= 4 is 28.6 Å². The molecule has 0 aliphatic carbocycles. The van der Waals surface area contributed by atoms with Crippen molar-refractivity contribution in [3.63, 3.8) is 0 Å². The Morgan fingerprint density at radius 3 is 2.61 bits per heavy atom. The van der Waals surface area contributed by atoms with Crippen molar-refractivity contribution in [1.82, 2.24) is 24.5 Å². The van der Waals surface area contributed by atoms with Gasteiger partial charge in [0, 0.05) is 5.69 Å². The minimum absolute atomic E-state index is 0.136. The fourth-order valence-electron chi connectivity index (χ4n) is 3.20. The number of hydrogen-bond donors (Lipinski definition) is 3. The van der Waals surface area contributed by atoms with Gasteiger partial charge in [-0.2, -0.15) is 15.0 Å². The van der Waals surface area contributed by atoms with Crippen molar-refractivity contribution in [2.24, 2.45) is 0 Å². The molecule has 8 nitrogen and oxygen atoms in total. The number of nitrogens with two attached hydrogens (primary N) is 1. The maximum absolute atomic E-state index is 9.69. The minimum Gasteiger partial charge on any atom is -0.388 e. The van der Waals surface area contributed by atoms with E-state index in [1.165, 1.54) is 0 Å². The van der Waals surface area contributed by atoms with Crippen LogP contribution in [0.3, 0.4) is 0 Å². The molecule has 0 aliphatic heterocycles. The molecular weight excluding hydrogens is 354 g/mol. The van der Waals surface area contributed by atoms with Crippen LogP contribution in [0.5, 0.6) is 0 Å². The fraction of sp³-hybridized carbons (Fsp3) is 0.200. The summed E-state index contributed by atoms with van der Waals surface area (Å²) >= 11 is 0. The van der Waals surface area contributed by atoms with Crippen LogP contribution in [0.4, 0.5) is 17.6 Å². The molecule has 0 spiro atoms. The highest BCUT2D eigenvalue weighted by Gasteiger charge is 2.13. The van der Waals surface area contributed by atoms with Crippen LogP contribution in [0.25, 0.3) is 11.0 Å². The Balaban J connectivity index is 1.69. The van der Waals surface area contributed by atoms with Crippen molar-refractivity contribution in [3.8, 4) is 0 Å². The van der Waals surface area contributed by atoms with Gasteiger partial charge >= 0.3 is 0 Å². The molecule has 0 bridgehead atoms. The first-order valence-electron chi connectivity index (χ1n) is 9.08. The second-order valence-corrected chi connectivity index (χ2v) is 6.33. The van der Waals surface area contributed by atoms with E-state index in [1.54, 1.807) is 0 Å². The molecule has 0 aliphatic rings. The van der Waals surface area contributed by atoms with Gasteiger partial charge in [0.1, 0.15) is 12.4 Å². The van der Waals surface area contributed by atoms with Crippen LogP contribution >= 0.6 is 0 Å². The van der Waals surface area contributed by atoms with E-state index in [4.69, 9.17) is 5.73 Å². The summed E-state index contributed by atoms with van der Waals surface area (Å²) in [6, 6.07) is 15.7. The van der Waals surface area contributed by atoms with Gasteiger partial charge in [-0.05, 0) is 30.2 Å². The molecule has 2 aromatic heterocycles. The molecule has 4 rings (SSSR count). The highest BCUT2D eigenvalue weighted by atomic mass is 16.3. The van der Waals surface area contributed by atoms with E-state index in [9.17, 15) is 5.11 Å². The van der Waals surface area contributed by atoms with Crippen molar-refractivity contribution in [2.45, 2.75) is 26.5 Å². The molecule has 0 amide bonds. The minimum atomic E-state index is -0.176. The standard InChI is InChI=1S/C20H21N7O/c1-2-13-7-3-4-8-14(13)23-20-25-17(24-19(21)26-20)11-27-16-10-6-5-9-15(16)22-18(27)12-28/h3-10,28H,2,11-12H2,1H3,(H3,21,23,24,25,26). The van der Waals surface area contributed by atoms with Gasteiger partial charge in [0.15, 0.2) is 5.82 Å². The molecule has 0 unspecified atom stereocenters. The summed E-state index contributed by atoms with van der Waals surface area (Å²) < 4.78 is 1.88. The van der Waals surface area contributed by atoms with E-state index in [-0.39, 0.29) is 12.6 Å². The Hall–Kier alpha value is -3.52. The average molecular weight is 375 g/mol. The van der Waals surface area contributed by atoms with Crippen LogP contribution in [0.15, 0.2) is 48.5 Å². The number of rotatable bonds is 6. The maximum atomic E-state index is 9.69. The summed E-state index contributed by atoms with van der Waals surface area (Å²) in [6.45, 7) is 2.24. The molecule has 2 aromatic carbocycles. The molecule has 0 atom stereocenters. The summed E-state index contributed by atoms with van der Waals surface area (Å²) in [7, 11) is 0. The number of nitrogen functional groups attached to an aromatic ring is 1. The number of aromatic nitrogens is 5. The molecule has 8 heteroatoms. The molecule has 0 saturated heterocycles. The van der Waals surface area contributed by atoms with Gasteiger partial charge in [-0.25, -0.2) is 4.98 Å². The smallest absolute Gasteiger partial charge is 0.232 e. The number of anilines is 3. The molecule has 4 N–H and O–H groups in total. The Labute approximate surface area is 162 Å². The summed E-state index contributed by atoms with van der Waals surface area (Å²) in [6.07, 6.45) is 0.886. The third kappa shape index (κ3) is 3.49. The van der Waals surface area contributed by atoms with Crippen LogP contribution in [-0.2, 0) is 19.6 Å². The van der Waals surface area contributed by atoms with E-state index in [0.29, 0.717) is 24.1 Å². The first-order chi connectivity index (χ1) is 13.7. The van der Waals surface area contributed by atoms with Crippen LogP contribution < -0.4 is 11.1 Å². The van der Waals surface area contributed by atoms with Gasteiger partial charge in [-0.1, -0.05) is 37.3 Å². The molecule has 0 radical (unpaired) electrons. The number of aliphatic hydroxyl groups excluding tert-OH is 1. The first kappa shape index (κ1) is 17.9. The molecule has 2 heterocycles. The van der Waals surface area contributed by atoms with Crippen LogP contribution in [-0.4, -0.2) is 29.6 Å². The number of nitrogens with one attached hydrogen (secondary N) is 1. The number of aliphatic hydroxyl groups is 1. The summed E-state index contributed by atoms with van der Waals surface area (Å²) in [5.74, 6) is 1.56. The van der Waals surface area contributed by atoms with Crippen LogP contribution in [0, 0.1) is 0 Å². The summed E-state index contributed by atoms with van der Waals surface area (Å²) in [5, 5.41) is 12.9. The lowest BCUT2D eigenvalue weighted by Crippen LogP contribution is -2.12. The molecule has 0 fully saturated rings. The molecule has 0 saturated carbocycles.